The molecule has 162 valence electrons. The predicted molar refractivity (Wildman–Crippen MR) is 119 cm³/mol. The minimum absolute atomic E-state index is 0.0521. The molecule has 32 heavy (non-hydrogen) atoms. The number of rotatable bonds is 8. The molecule has 8 heteroatoms. The van der Waals surface area contributed by atoms with Crippen molar-refractivity contribution < 1.29 is 23.2 Å². The highest BCUT2D eigenvalue weighted by atomic mass is 32.2. The van der Waals surface area contributed by atoms with E-state index < -0.39 is 11.8 Å². The molecule has 0 unspecified atom stereocenters. The first-order valence-corrected chi connectivity index (χ1v) is 10.8. The quantitative estimate of drug-likeness (QED) is 0.297. The van der Waals surface area contributed by atoms with Gasteiger partial charge in [0.25, 0.3) is 0 Å². The Hall–Kier alpha value is -3.91. The number of hydrazine groups is 1. The number of carbonyl (C=O) groups is 2. The van der Waals surface area contributed by atoms with Gasteiger partial charge in [0.2, 0.25) is 0 Å². The van der Waals surface area contributed by atoms with E-state index in [1.165, 1.54) is 12.3 Å². The SMILES string of the molecule is O=C(NNC(=O)c1occc1CSc1ccccc1)c1ccc(COc2ccccc2)o1. The molecular formula is C24H20N2O5S. The van der Waals surface area contributed by atoms with Gasteiger partial charge in [-0.3, -0.25) is 20.4 Å². The molecule has 7 nitrogen and oxygen atoms in total. The smallest absolute Gasteiger partial charge is 0.305 e. The van der Waals surface area contributed by atoms with Crippen LogP contribution in [-0.2, 0) is 12.4 Å². The summed E-state index contributed by atoms with van der Waals surface area (Å²) in [5.74, 6) is 0.794. The summed E-state index contributed by atoms with van der Waals surface area (Å²) in [6.45, 7) is 0.179. The second kappa shape index (κ2) is 10.4. The van der Waals surface area contributed by atoms with Crippen molar-refractivity contribution in [1.82, 2.24) is 10.9 Å². The molecule has 2 N–H and O–H groups in total. The minimum atomic E-state index is -0.587. The molecule has 0 aliphatic carbocycles. The number of nitrogens with one attached hydrogen (secondary N) is 2. The molecule has 4 aromatic rings. The molecule has 0 bridgehead atoms. The number of benzene rings is 2. The average molecular weight is 449 g/mol. The third-order valence-corrected chi connectivity index (χ3v) is 5.45. The summed E-state index contributed by atoms with van der Waals surface area (Å²) < 4.78 is 16.4. The van der Waals surface area contributed by atoms with Gasteiger partial charge in [-0.1, -0.05) is 36.4 Å². The van der Waals surface area contributed by atoms with Crippen molar-refractivity contribution >= 4 is 23.6 Å². The van der Waals surface area contributed by atoms with E-state index in [0.717, 1.165) is 10.5 Å². The molecule has 0 spiro atoms. The topological polar surface area (TPSA) is 93.7 Å². The highest BCUT2D eigenvalue weighted by molar-refractivity contribution is 7.98. The van der Waals surface area contributed by atoms with E-state index in [2.05, 4.69) is 10.9 Å². The van der Waals surface area contributed by atoms with Crippen LogP contribution in [-0.4, -0.2) is 11.8 Å². The van der Waals surface area contributed by atoms with Crippen molar-refractivity contribution in [2.24, 2.45) is 0 Å². The van der Waals surface area contributed by atoms with Crippen molar-refractivity contribution in [3.05, 3.63) is 108 Å². The molecule has 0 fully saturated rings. The molecule has 0 saturated carbocycles. The number of thioether (sulfide) groups is 1. The number of para-hydroxylation sites is 1. The van der Waals surface area contributed by atoms with E-state index in [1.807, 2.05) is 60.7 Å². The average Bonchev–Trinajstić information content (AvgIpc) is 3.51. The van der Waals surface area contributed by atoms with Crippen molar-refractivity contribution in [3.8, 4) is 5.75 Å². The zero-order valence-electron chi connectivity index (χ0n) is 16.9. The summed E-state index contributed by atoms with van der Waals surface area (Å²) in [4.78, 5) is 25.8. The summed E-state index contributed by atoms with van der Waals surface area (Å²) in [5.41, 5.74) is 5.42. The van der Waals surface area contributed by atoms with Gasteiger partial charge in [-0.15, -0.1) is 11.8 Å². The van der Waals surface area contributed by atoms with Crippen molar-refractivity contribution in [1.29, 1.82) is 0 Å². The fourth-order valence-electron chi connectivity index (χ4n) is 2.81. The molecule has 4 rings (SSSR count). The van der Waals surface area contributed by atoms with E-state index in [-0.39, 0.29) is 18.1 Å². The maximum atomic E-state index is 12.5. The highest BCUT2D eigenvalue weighted by Gasteiger charge is 2.18. The van der Waals surface area contributed by atoms with Gasteiger partial charge in [0.1, 0.15) is 18.1 Å². The molecule has 0 radical (unpaired) electrons. The third kappa shape index (κ3) is 5.61. The Morgan fingerprint density at radius 1 is 0.844 bits per heavy atom. The molecule has 2 aromatic carbocycles. The highest BCUT2D eigenvalue weighted by Crippen LogP contribution is 2.24. The fourth-order valence-corrected chi connectivity index (χ4v) is 3.71. The second-order valence-electron chi connectivity index (χ2n) is 6.65. The van der Waals surface area contributed by atoms with Gasteiger partial charge in [0, 0.05) is 16.2 Å². The Bertz CT molecular complexity index is 1170. The molecule has 2 amide bonds. The van der Waals surface area contributed by atoms with Gasteiger partial charge < -0.3 is 13.6 Å². The van der Waals surface area contributed by atoms with Crippen LogP contribution in [0.1, 0.15) is 32.4 Å². The van der Waals surface area contributed by atoms with E-state index in [4.69, 9.17) is 13.6 Å². The maximum Gasteiger partial charge on any atom is 0.305 e. The number of carbonyl (C=O) groups excluding carboxylic acids is 2. The molecular weight excluding hydrogens is 428 g/mol. The second-order valence-corrected chi connectivity index (χ2v) is 7.70. The monoisotopic (exact) mass is 448 g/mol. The first-order chi connectivity index (χ1) is 15.7. The van der Waals surface area contributed by atoms with Gasteiger partial charge >= 0.3 is 11.8 Å². The zero-order chi connectivity index (χ0) is 22.2. The first kappa shape index (κ1) is 21.3. The van der Waals surface area contributed by atoms with Crippen molar-refractivity contribution in [2.45, 2.75) is 17.3 Å². The number of hydrogen-bond acceptors (Lipinski definition) is 6. The number of furan rings is 2. The van der Waals surface area contributed by atoms with Gasteiger partial charge in [-0.2, -0.15) is 0 Å². The normalized spacial score (nSPS) is 10.5. The van der Waals surface area contributed by atoms with Crippen LogP contribution in [0.5, 0.6) is 5.75 Å². The van der Waals surface area contributed by atoms with Crippen LogP contribution in [0.4, 0.5) is 0 Å². The lowest BCUT2D eigenvalue weighted by molar-refractivity contribution is 0.0814. The van der Waals surface area contributed by atoms with Crippen LogP contribution in [0.3, 0.4) is 0 Å². The summed E-state index contributed by atoms with van der Waals surface area (Å²) >= 11 is 1.58. The predicted octanol–water partition coefficient (Wildman–Crippen LogP) is 4.82. The van der Waals surface area contributed by atoms with E-state index in [0.29, 0.717) is 17.3 Å². The lowest BCUT2D eigenvalue weighted by Gasteiger charge is -2.06. The van der Waals surface area contributed by atoms with Crippen LogP contribution in [0, 0.1) is 0 Å². The first-order valence-electron chi connectivity index (χ1n) is 9.80. The molecule has 0 aliphatic rings. The van der Waals surface area contributed by atoms with Crippen LogP contribution in [0.15, 0.2) is 98.9 Å². The third-order valence-electron chi connectivity index (χ3n) is 4.39. The Kier molecular flexibility index (Phi) is 6.94. The van der Waals surface area contributed by atoms with Gasteiger partial charge in [-0.05, 0) is 42.5 Å². The van der Waals surface area contributed by atoms with Crippen LogP contribution in [0.25, 0.3) is 0 Å². The van der Waals surface area contributed by atoms with Crippen molar-refractivity contribution in [3.63, 3.8) is 0 Å². The van der Waals surface area contributed by atoms with E-state index in [9.17, 15) is 9.59 Å². The number of amides is 2. The molecule has 2 aromatic heterocycles. The van der Waals surface area contributed by atoms with Gasteiger partial charge in [0.15, 0.2) is 11.5 Å². The van der Waals surface area contributed by atoms with Crippen LogP contribution < -0.4 is 15.6 Å². The lowest BCUT2D eigenvalue weighted by Crippen LogP contribution is -2.41. The summed E-state index contributed by atoms with van der Waals surface area (Å²) in [7, 11) is 0. The van der Waals surface area contributed by atoms with Gasteiger partial charge in [0.05, 0.1) is 6.26 Å². The number of ether oxygens (including phenoxy) is 1. The van der Waals surface area contributed by atoms with Crippen LogP contribution >= 0.6 is 11.8 Å². The Labute approximate surface area is 188 Å². The summed E-state index contributed by atoms with van der Waals surface area (Å²) in [6.07, 6.45) is 1.45. The molecule has 0 saturated heterocycles. The Morgan fingerprint density at radius 3 is 2.34 bits per heavy atom. The Morgan fingerprint density at radius 2 is 1.56 bits per heavy atom. The van der Waals surface area contributed by atoms with Crippen LogP contribution in [0.2, 0.25) is 0 Å². The summed E-state index contributed by atoms with van der Waals surface area (Å²) in [5, 5.41) is 0. The van der Waals surface area contributed by atoms with E-state index in [1.54, 1.807) is 23.9 Å². The summed E-state index contributed by atoms with van der Waals surface area (Å²) in [6, 6.07) is 24.0. The van der Waals surface area contributed by atoms with E-state index >= 15 is 0 Å². The minimum Gasteiger partial charge on any atom is -0.486 e. The molecule has 0 atom stereocenters. The fraction of sp³-hybridized carbons (Fsp3) is 0.0833. The largest absolute Gasteiger partial charge is 0.486 e. The van der Waals surface area contributed by atoms with Gasteiger partial charge in [-0.25, -0.2) is 0 Å². The number of hydrogen-bond donors (Lipinski definition) is 2. The molecule has 0 aliphatic heterocycles. The standard InChI is InChI=1S/C24H20N2O5S/c27-23(21-12-11-19(31-21)15-30-18-7-3-1-4-8-18)25-26-24(28)22-17(13-14-29-22)16-32-20-9-5-2-6-10-20/h1-14H,15-16H2,(H,25,27)(H,26,28). The maximum absolute atomic E-state index is 12.5. The molecule has 2 heterocycles. The Balaban J connectivity index is 1.28. The lowest BCUT2D eigenvalue weighted by atomic mass is 10.3. The zero-order valence-corrected chi connectivity index (χ0v) is 17.8. The van der Waals surface area contributed by atoms with Crippen molar-refractivity contribution in [2.75, 3.05) is 0 Å².